The summed E-state index contributed by atoms with van der Waals surface area (Å²) in [6.45, 7) is 11.2. The van der Waals surface area contributed by atoms with Crippen LogP contribution >= 0.6 is 0 Å². The third-order valence-corrected chi connectivity index (χ3v) is 5.11. The minimum Gasteiger partial charge on any atom is -0.391 e. The van der Waals surface area contributed by atoms with Crippen LogP contribution in [0.15, 0.2) is 0 Å². The molecule has 1 aliphatic carbocycles. The standard InChI is InChI=1S/C14H28N2O/c1-10-8-16(9-11(2)15(10)5)12-6-7-14(3,4)13(12)17/h10-13,17H,6-9H2,1-5H3. The zero-order chi connectivity index (χ0) is 12.8. The van der Waals surface area contributed by atoms with Crippen molar-refractivity contribution in [1.29, 1.82) is 0 Å². The zero-order valence-electron chi connectivity index (χ0n) is 12.0. The predicted molar refractivity (Wildman–Crippen MR) is 71.1 cm³/mol. The van der Waals surface area contributed by atoms with E-state index in [4.69, 9.17) is 0 Å². The molecule has 1 N–H and O–H groups in total. The molecular formula is C14H28N2O. The van der Waals surface area contributed by atoms with E-state index in [9.17, 15) is 5.11 Å². The molecule has 2 fully saturated rings. The van der Waals surface area contributed by atoms with E-state index in [-0.39, 0.29) is 11.5 Å². The van der Waals surface area contributed by atoms with E-state index in [1.165, 1.54) is 0 Å². The van der Waals surface area contributed by atoms with Crippen LogP contribution in [0, 0.1) is 5.41 Å². The molecule has 0 aromatic carbocycles. The molecule has 0 radical (unpaired) electrons. The highest BCUT2D eigenvalue weighted by molar-refractivity contribution is 4.99. The monoisotopic (exact) mass is 240 g/mol. The third-order valence-electron chi connectivity index (χ3n) is 5.11. The molecule has 17 heavy (non-hydrogen) atoms. The fraction of sp³-hybridized carbons (Fsp3) is 1.00. The molecule has 1 heterocycles. The van der Waals surface area contributed by atoms with Crippen molar-refractivity contribution in [3.8, 4) is 0 Å². The first kappa shape index (κ1) is 13.3. The minimum absolute atomic E-state index is 0.0977. The lowest BCUT2D eigenvalue weighted by atomic mass is 9.88. The lowest BCUT2D eigenvalue weighted by molar-refractivity contribution is -0.0261. The van der Waals surface area contributed by atoms with Crippen LogP contribution in [-0.2, 0) is 0 Å². The second-order valence-electron chi connectivity index (χ2n) is 6.86. The van der Waals surface area contributed by atoms with Crippen LogP contribution in [0.4, 0.5) is 0 Å². The maximum Gasteiger partial charge on any atom is 0.0746 e. The summed E-state index contributed by atoms with van der Waals surface area (Å²) in [6, 6.07) is 1.56. The molecule has 1 saturated carbocycles. The third kappa shape index (κ3) is 2.38. The molecule has 3 heteroatoms. The quantitative estimate of drug-likeness (QED) is 0.753. The number of rotatable bonds is 1. The van der Waals surface area contributed by atoms with E-state index < -0.39 is 0 Å². The summed E-state index contributed by atoms with van der Waals surface area (Å²) in [5.74, 6) is 0. The highest BCUT2D eigenvalue weighted by Crippen LogP contribution is 2.40. The number of piperazine rings is 1. The van der Waals surface area contributed by atoms with Gasteiger partial charge in [-0.1, -0.05) is 13.8 Å². The lowest BCUT2D eigenvalue weighted by Gasteiger charge is -2.46. The summed E-state index contributed by atoms with van der Waals surface area (Å²) in [5.41, 5.74) is 0.0977. The number of likely N-dealkylation sites (N-methyl/N-ethyl adjacent to an activating group) is 1. The molecule has 4 atom stereocenters. The molecule has 0 aromatic heterocycles. The van der Waals surface area contributed by atoms with Crippen LogP contribution < -0.4 is 0 Å². The van der Waals surface area contributed by atoms with Crippen molar-refractivity contribution in [3.05, 3.63) is 0 Å². The van der Waals surface area contributed by atoms with Gasteiger partial charge in [-0.3, -0.25) is 9.80 Å². The molecule has 0 aromatic rings. The average Bonchev–Trinajstić information content (AvgIpc) is 2.50. The smallest absolute Gasteiger partial charge is 0.0746 e. The van der Waals surface area contributed by atoms with E-state index in [0.717, 1.165) is 25.9 Å². The molecule has 4 unspecified atom stereocenters. The van der Waals surface area contributed by atoms with Crippen LogP contribution in [0.25, 0.3) is 0 Å². The summed E-state index contributed by atoms with van der Waals surface area (Å²) in [6.07, 6.45) is 2.14. The van der Waals surface area contributed by atoms with Gasteiger partial charge in [-0.25, -0.2) is 0 Å². The van der Waals surface area contributed by atoms with Crippen LogP contribution in [0.5, 0.6) is 0 Å². The van der Waals surface area contributed by atoms with Crippen molar-refractivity contribution < 1.29 is 5.11 Å². The van der Waals surface area contributed by atoms with Crippen molar-refractivity contribution >= 4 is 0 Å². The summed E-state index contributed by atoms with van der Waals surface area (Å²) in [4.78, 5) is 4.97. The van der Waals surface area contributed by atoms with Gasteiger partial charge in [0.2, 0.25) is 0 Å². The Labute approximate surface area is 106 Å². The number of nitrogens with zero attached hydrogens (tertiary/aromatic N) is 2. The first-order valence-corrected chi connectivity index (χ1v) is 6.97. The van der Waals surface area contributed by atoms with Crippen molar-refractivity contribution in [2.24, 2.45) is 5.41 Å². The highest BCUT2D eigenvalue weighted by atomic mass is 16.3. The van der Waals surface area contributed by atoms with Crippen LogP contribution in [0.3, 0.4) is 0 Å². The average molecular weight is 240 g/mol. The van der Waals surface area contributed by atoms with Crippen LogP contribution in [0.2, 0.25) is 0 Å². The Hall–Kier alpha value is -0.120. The maximum atomic E-state index is 10.5. The van der Waals surface area contributed by atoms with Gasteiger partial charge in [-0.15, -0.1) is 0 Å². The topological polar surface area (TPSA) is 26.7 Å². The number of aliphatic hydroxyl groups is 1. The van der Waals surface area contributed by atoms with Crippen molar-refractivity contribution in [3.63, 3.8) is 0 Å². The largest absolute Gasteiger partial charge is 0.391 e. The van der Waals surface area contributed by atoms with Crippen molar-refractivity contribution in [1.82, 2.24) is 9.80 Å². The second kappa shape index (κ2) is 4.52. The second-order valence-corrected chi connectivity index (χ2v) is 6.86. The van der Waals surface area contributed by atoms with E-state index in [0.29, 0.717) is 18.1 Å². The van der Waals surface area contributed by atoms with E-state index in [1.807, 2.05) is 0 Å². The Morgan fingerprint density at radius 3 is 2.06 bits per heavy atom. The number of aliphatic hydroxyl groups excluding tert-OH is 1. The molecule has 1 aliphatic heterocycles. The van der Waals surface area contributed by atoms with Gasteiger partial charge >= 0.3 is 0 Å². The molecule has 2 rings (SSSR count). The van der Waals surface area contributed by atoms with Gasteiger partial charge in [0.1, 0.15) is 0 Å². The van der Waals surface area contributed by atoms with E-state index in [2.05, 4.69) is 44.5 Å². The number of hydrogen-bond acceptors (Lipinski definition) is 3. The normalized spacial score (nSPS) is 44.1. The molecule has 1 saturated heterocycles. The SMILES string of the molecule is CC1CN(C2CCC(C)(C)C2O)CC(C)N1C. The molecule has 0 spiro atoms. The Kier molecular flexibility index (Phi) is 3.54. The van der Waals surface area contributed by atoms with Gasteiger partial charge in [0.15, 0.2) is 0 Å². The number of hydrogen-bond donors (Lipinski definition) is 1. The summed E-state index contributed by atoms with van der Waals surface area (Å²) >= 11 is 0. The maximum absolute atomic E-state index is 10.5. The van der Waals surface area contributed by atoms with Crippen LogP contribution in [0.1, 0.15) is 40.5 Å². The summed E-state index contributed by atoms with van der Waals surface area (Å²) in [5, 5.41) is 10.5. The molecule has 100 valence electrons. The molecule has 3 nitrogen and oxygen atoms in total. The predicted octanol–water partition coefficient (Wildman–Crippen LogP) is 1.56. The first-order valence-electron chi connectivity index (χ1n) is 6.97. The summed E-state index contributed by atoms with van der Waals surface area (Å²) < 4.78 is 0. The highest BCUT2D eigenvalue weighted by Gasteiger charge is 2.45. The van der Waals surface area contributed by atoms with Gasteiger partial charge in [0.25, 0.3) is 0 Å². The van der Waals surface area contributed by atoms with Gasteiger partial charge in [-0.2, -0.15) is 0 Å². The van der Waals surface area contributed by atoms with Crippen molar-refractivity contribution in [2.45, 2.75) is 64.8 Å². The Balaban J connectivity index is 2.05. The van der Waals surface area contributed by atoms with Gasteiger partial charge in [0.05, 0.1) is 6.10 Å². The fourth-order valence-electron chi connectivity index (χ4n) is 3.44. The minimum atomic E-state index is -0.162. The van der Waals surface area contributed by atoms with Gasteiger partial charge in [0, 0.05) is 31.2 Å². The Bertz CT molecular complexity index is 267. The van der Waals surface area contributed by atoms with Crippen molar-refractivity contribution in [2.75, 3.05) is 20.1 Å². The first-order chi connectivity index (χ1) is 7.83. The molecular weight excluding hydrogens is 212 g/mol. The summed E-state index contributed by atoms with van der Waals surface area (Å²) in [7, 11) is 2.21. The molecule has 0 amide bonds. The zero-order valence-corrected chi connectivity index (χ0v) is 12.0. The lowest BCUT2D eigenvalue weighted by Crippen LogP contribution is -2.59. The van der Waals surface area contributed by atoms with Gasteiger partial charge in [-0.05, 0) is 39.2 Å². The van der Waals surface area contributed by atoms with E-state index >= 15 is 0 Å². The van der Waals surface area contributed by atoms with Gasteiger partial charge < -0.3 is 5.11 Å². The molecule has 0 bridgehead atoms. The van der Waals surface area contributed by atoms with Crippen LogP contribution in [-0.4, -0.2) is 59.3 Å². The fourth-order valence-corrected chi connectivity index (χ4v) is 3.44. The molecule has 2 aliphatic rings. The Morgan fingerprint density at radius 1 is 1.12 bits per heavy atom. The Morgan fingerprint density at radius 2 is 1.65 bits per heavy atom. The van der Waals surface area contributed by atoms with E-state index in [1.54, 1.807) is 0 Å².